The fourth-order valence-corrected chi connectivity index (χ4v) is 2.70. The molecule has 1 aromatic carbocycles. The average molecular weight is 332 g/mol. The molecular formula is C15H23Cl2N3O. The van der Waals surface area contributed by atoms with Crippen LogP contribution in [0.1, 0.15) is 28.8 Å². The first-order valence-electron chi connectivity index (χ1n) is 7.10. The lowest BCUT2D eigenvalue weighted by Crippen LogP contribution is -2.49. The minimum absolute atomic E-state index is 0. The van der Waals surface area contributed by atoms with Crippen LogP contribution in [0.15, 0.2) is 24.3 Å². The van der Waals surface area contributed by atoms with Crippen molar-refractivity contribution >= 4 is 30.7 Å². The molecule has 0 atom stereocenters. The number of nitrogens with zero attached hydrogens (tertiary/aromatic N) is 2. The van der Waals surface area contributed by atoms with Gasteiger partial charge in [-0.1, -0.05) is 12.1 Å². The Labute approximate surface area is 138 Å². The van der Waals surface area contributed by atoms with E-state index in [0.29, 0.717) is 6.54 Å². The highest BCUT2D eigenvalue weighted by molar-refractivity contribution is 5.94. The van der Waals surface area contributed by atoms with Crippen molar-refractivity contribution in [3.05, 3.63) is 35.4 Å². The van der Waals surface area contributed by atoms with Crippen molar-refractivity contribution in [1.82, 2.24) is 9.80 Å². The van der Waals surface area contributed by atoms with Crippen LogP contribution >= 0.6 is 24.8 Å². The highest BCUT2D eigenvalue weighted by Gasteiger charge is 2.32. The molecule has 4 nitrogen and oxygen atoms in total. The van der Waals surface area contributed by atoms with Crippen molar-refractivity contribution in [2.24, 2.45) is 5.73 Å². The summed E-state index contributed by atoms with van der Waals surface area (Å²) < 4.78 is 0. The summed E-state index contributed by atoms with van der Waals surface area (Å²) in [6.45, 7) is 4.28. The lowest BCUT2D eigenvalue weighted by Gasteiger charge is -2.34. The minimum Gasteiger partial charge on any atom is -0.336 e. The molecule has 6 heteroatoms. The second-order valence-electron chi connectivity index (χ2n) is 5.46. The van der Waals surface area contributed by atoms with Crippen molar-refractivity contribution in [3.8, 4) is 0 Å². The van der Waals surface area contributed by atoms with E-state index in [2.05, 4.69) is 4.90 Å². The van der Waals surface area contributed by atoms with Crippen LogP contribution in [0.5, 0.6) is 0 Å². The molecule has 1 saturated heterocycles. The van der Waals surface area contributed by atoms with Gasteiger partial charge < -0.3 is 10.6 Å². The number of halogens is 2. The second-order valence-corrected chi connectivity index (χ2v) is 5.46. The summed E-state index contributed by atoms with van der Waals surface area (Å²) in [6, 6.07) is 8.46. The van der Waals surface area contributed by atoms with E-state index in [0.717, 1.165) is 43.3 Å². The SMILES string of the molecule is Cl.Cl.NCc1ccc(C(=O)N2CCN(C3CC3)CC2)cc1. The minimum atomic E-state index is 0. The normalized spacial score (nSPS) is 18.6. The molecule has 21 heavy (non-hydrogen) atoms. The predicted octanol–water partition coefficient (Wildman–Crippen LogP) is 1.91. The van der Waals surface area contributed by atoms with Gasteiger partial charge in [0.2, 0.25) is 0 Å². The number of rotatable bonds is 3. The number of carbonyl (C=O) groups is 1. The third kappa shape index (κ3) is 4.33. The van der Waals surface area contributed by atoms with Gasteiger partial charge in [0.25, 0.3) is 5.91 Å². The second kappa shape index (κ2) is 7.99. The van der Waals surface area contributed by atoms with E-state index >= 15 is 0 Å². The van der Waals surface area contributed by atoms with Crippen LogP contribution in [0.4, 0.5) is 0 Å². The summed E-state index contributed by atoms with van der Waals surface area (Å²) in [4.78, 5) is 16.9. The Hall–Kier alpha value is -0.810. The van der Waals surface area contributed by atoms with Crippen LogP contribution in [-0.2, 0) is 6.54 Å². The van der Waals surface area contributed by atoms with Crippen LogP contribution in [0, 0.1) is 0 Å². The summed E-state index contributed by atoms with van der Waals surface area (Å²) in [5.74, 6) is 0.152. The number of benzene rings is 1. The Balaban J connectivity index is 0.00000110. The molecule has 1 aliphatic carbocycles. The van der Waals surface area contributed by atoms with E-state index in [1.165, 1.54) is 12.8 Å². The van der Waals surface area contributed by atoms with Gasteiger partial charge in [-0.3, -0.25) is 9.69 Å². The van der Waals surface area contributed by atoms with E-state index < -0.39 is 0 Å². The van der Waals surface area contributed by atoms with Gasteiger partial charge in [-0.15, -0.1) is 24.8 Å². The zero-order valence-corrected chi connectivity index (χ0v) is 13.7. The largest absolute Gasteiger partial charge is 0.336 e. The maximum atomic E-state index is 12.4. The lowest BCUT2D eigenvalue weighted by atomic mass is 10.1. The van der Waals surface area contributed by atoms with Crippen molar-refractivity contribution in [1.29, 1.82) is 0 Å². The van der Waals surface area contributed by atoms with Gasteiger partial charge in [0.05, 0.1) is 0 Å². The molecule has 1 aliphatic heterocycles. The lowest BCUT2D eigenvalue weighted by molar-refractivity contribution is 0.0627. The van der Waals surface area contributed by atoms with E-state index in [1.54, 1.807) is 0 Å². The molecule has 0 aromatic heterocycles. The standard InChI is InChI=1S/C15H21N3O.2ClH/c16-11-12-1-3-13(4-2-12)15(19)18-9-7-17(8-10-18)14-5-6-14;;/h1-4,14H,5-11,16H2;2*1H. The summed E-state index contributed by atoms with van der Waals surface area (Å²) in [7, 11) is 0. The van der Waals surface area contributed by atoms with E-state index in [1.807, 2.05) is 29.2 Å². The van der Waals surface area contributed by atoms with Gasteiger partial charge in [0, 0.05) is 44.3 Å². The molecule has 118 valence electrons. The maximum Gasteiger partial charge on any atom is 0.253 e. The molecule has 2 fully saturated rings. The average Bonchev–Trinajstić information content (AvgIpc) is 3.31. The van der Waals surface area contributed by atoms with Gasteiger partial charge in [-0.05, 0) is 30.5 Å². The fourth-order valence-electron chi connectivity index (χ4n) is 2.70. The number of amides is 1. The van der Waals surface area contributed by atoms with Crippen LogP contribution in [-0.4, -0.2) is 47.9 Å². The van der Waals surface area contributed by atoms with Crippen LogP contribution in [0.2, 0.25) is 0 Å². The Morgan fingerprint density at radius 2 is 1.62 bits per heavy atom. The first-order chi connectivity index (χ1) is 9.28. The maximum absolute atomic E-state index is 12.4. The van der Waals surface area contributed by atoms with E-state index in [4.69, 9.17) is 5.73 Å². The van der Waals surface area contributed by atoms with Crippen molar-refractivity contribution < 1.29 is 4.79 Å². The number of nitrogens with two attached hydrogens (primary N) is 1. The van der Waals surface area contributed by atoms with Gasteiger partial charge in [0.1, 0.15) is 0 Å². The molecule has 0 spiro atoms. The quantitative estimate of drug-likeness (QED) is 0.920. The summed E-state index contributed by atoms with van der Waals surface area (Å²) in [6.07, 6.45) is 2.68. The third-order valence-electron chi connectivity index (χ3n) is 4.10. The zero-order valence-electron chi connectivity index (χ0n) is 12.0. The van der Waals surface area contributed by atoms with Crippen LogP contribution < -0.4 is 5.73 Å². The fraction of sp³-hybridized carbons (Fsp3) is 0.533. The van der Waals surface area contributed by atoms with Gasteiger partial charge in [-0.2, -0.15) is 0 Å². The Kier molecular flexibility index (Phi) is 6.94. The van der Waals surface area contributed by atoms with Gasteiger partial charge in [-0.25, -0.2) is 0 Å². The highest BCUT2D eigenvalue weighted by atomic mass is 35.5. The molecule has 2 N–H and O–H groups in total. The van der Waals surface area contributed by atoms with Crippen LogP contribution in [0.3, 0.4) is 0 Å². The summed E-state index contributed by atoms with van der Waals surface area (Å²) in [5, 5.41) is 0. The molecule has 3 rings (SSSR count). The molecule has 0 bridgehead atoms. The van der Waals surface area contributed by atoms with Gasteiger partial charge in [0.15, 0.2) is 0 Å². The molecule has 0 radical (unpaired) electrons. The summed E-state index contributed by atoms with van der Waals surface area (Å²) >= 11 is 0. The van der Waals surface area contributed by atoms with E-state index in [-0.39, 0.29) is 30.7 Å². The molecule has 0 unspecified atom stereocenters. The molecule has 1 saturated carbocycles. The Morgan fingerprint density at radius 3 is 2.10 bits per heavy atom. The monoisotopic (exact) mass is 331 g/mol. The molecule has 1 heterocycles. The van der Waals surface area contributed by atoms with Crippen molar-refractivity contribution in [2.45, 2.75) is 25.4 Å². The zero-order chi connectivity index (χ0) is 13.2. The van der Waals surface area contributed by atoms with Crippen molar-refractivity contribution in [2.75, 3.05) is 26.2 Å². The molecular weight excluding hydrogens is 309 g/mol. The topological polar surface area (TPSA) is 49.6 Å². The highest BCUT2D eigenvalue weighted by Crippen LogP contribution is 2.27. The van der Waals surface area contributed by atoms with Crippen molar-refractivity contribution in [3.63, 3.8) is 0 Å². The Morgan fingerprint density at radius 1 is 1.05 bits per heavy atom. The Bertz CT molecular complexity index is 454. The number of hydrogen-bond acceptors (Lipinski definition) is 3. The number of piperazine rings is 1. The predicted molar refractivity (Wildman–Crippen MR) is 89.3 cm³/mol. The third-order valence-corrected chi connectivity index (χ3v) is 4.10. The number of carbonyl (C=O) groups excluding carboxylic acids is 1. The molecule has 1 aromatic rings. The molecule has 2 aliphatic rings. The smallest absolute Gasteiger partial charge is 0.253 e. The molecule has 1 amide bonds. The first kappa shape index (κ1) is 18.2. The summed E-state index contributed by atoms with van der Waals surface area (Å²) in [5.41, 5.74) is 7.41. The van der Waals surface area contributed by atoms with Crippen LogP contribution in [0.25, 0.3) is 0 Å². The van der Waals surface area contributed by atoms with Gasteiger partial charge >= 0.3 is 0 Å². The van der Waals surface area contributed by atoms with E-state index in [9.17, 15) is 4.79 Å². The number of hydrogen-bond donors (Lipinski definition) is 1. The first-order valence-corrected chi connectivity index (χ1v) is 7.10.